The van der Waals surface area contributed by atoms with Crippen LogP contribution in [0.2, 0.25) is 0 Å². The Bertz CT molecular complexity index is 1520. The van der Waals surface area contributed by atoms with Crippen molar-refractivity contribution in [3.8, 4) is 6.07 Å². The molecule has 7 rings (SSSR count). The Kier molecular flexibility index (Phi) is 7.92. The summed E-state index contributed by atoms with van der Waals surface area (Å²) < 4.78 is 46.8. The van der Waals surface area contributed by atoms with Crippen molar-refractivity contribution in [1.82, 2.24) is 0 Å². The number of nitrogens with zero attached hydrogens (tertiary/aromatic N) is 1. The molecule has 4 saturated carbocycles. The van der Waals surface area contributed by atoms with E-state index in [-0.39, 0.29) is 35.7 Å². The molecule has 5 aliphatic carbocycles. The van der Waals surface area contributed by atoms with Crippen LogP contribution in [-0.4, -0.2) is 57.4 Å². The molecule has 246 valence electrons. The molecule has 0 amide bonds. The molecule has 0 radical (unpaired) electrons. The highest BCUT2D eigenvalue weighted by Gasteiger charge is 2.80. The fraction of sp³-hybridized carbons (Fsp3) is 0.639. The molecular formula is C36H42F2N2O5S. The quantitative estimate of drug-likeness (QED) is 0.421. The van der Waals surface area contributed by atoms with Crippen LogP contribution in [0.15, 0.2) is 48.1 Å². The maximum absolute atomic E-state index is 17.7. The number of halogens is 2. The number of nitrogens with two attached hydrogens (primary N) is 1. The third-order valence-corrected chi connectivity index (χ3v) is 13.4. The Morgan fingerprint density at radius 1 is 1.15 bits per heavy atom. The maximum atomic E-state index is 17.7. The summed E-state index contributed by atoms with van der Waals surface area (Å²) in [4.78, 5) is 26.3. The summed E-state index contributed by atoms with van der Waals surface area (Å²) in [5, 5.41) is 20.7. The molecule has 6 aliphatic rings. The fourth-order valence-corrected chi connectivity index (χ4v) is 11.0. The number of carbonyl (C=O) groups is 2. The molecule has 1 saturated heterocycles. The van der Waals surface area contributed by atoms with E-state index in [1.54, 1.807) is 6.92 Å². The Labute approximate surface area is 272 Å². The minimum atomic E-state index is -2.27. The summed E-state index contributed by atoms with van der Waals surface area (Å²) in [6.07, 6.45) is 4.21. The Balaban J connectivity index is 1.20. The fourth-order valence-electron chi connectivity index (χ4n) is 10.2. The third-order valence-electron chi connectivity index (χ3n) is 12.6. The van der Waals surface area contributed by atoms with Crippen molar-refractivity contribution < 1.29 is 33.0 Å². The van der Waals surface area contributed by atoms with Gasteiger partial charge in [-0.05, 0) is 93.4 Å². The number of nitriles is 1. The number of thioether (sulfide) groups is 1. The number of alkyl halides is 2. The number of carbonyl (C=O) groups excluding carboxylic acids is 2. The second-order valence-corrected chi connectivity index (χ2v) is 15.8. The molecule has 1 heterocycles. The van der Waals surface area contributed by atoms with Crippen molar-refractivity contribution in [2.24, 2.45) is 34.3 Å². The van der Waals surface area contributed by atoms with Crippen molar-refractivity contribution in [2.75, 3.05) is 5.75 Å². The highest BCUT2D eigenvalue weighted by molar-refractivity contribution is 8.14. The summed E-state index contributed by atoms with van der Waals surface area (Å²) in [5.74, 6) is -1.43. The van der Waals surface area contributed by atoms with Crippen LogP contribution >= 0.6 is 11.8 Å². The van der Waals surface area contributed by atoms with Crippen LogP contribution in [0.1, 0.15) is 76.2 Å². The normalized spacial score (nSPS) is 46.0. The third kappa shape index (κ3) is 4.48. The zero-order valence-electron chi connectivity index (χ0n) is 26.3. The van der Waals surface area contributed by atoms with Gasteiger partial charge in [-0.15, -0.1) is 0 Å². The molecule has 0 bridgehead atoms. The van der Waals surface area contributed by atoms with Gasteiger partial charge < -0.3 is 20.3 Å². The topological polar surface area (TPSA) is 123 Å². The van der Waals surface area contributed by atoms with E-state index in [0.29, 0.717) is 12.0 Å². The number of hydrogen-bond donors (Lipinski definition) is 2. The zero-order chi connectivity index (χ0) is 32.6. The van der Waals surface area contributed by atoms with Crippen molar-refractivity contribution in [3.63, 3.8) is 0 Å². The second kappa shape index (κ2) is 11.3. The van der Waals surface area contributed by atoms with Crippen molar-refractivity contribution in [2.45, 2.75) is 107 Å². The zero-order valence-corrected chi connectivity index (χ0v) is 27.1. The van der Waals surface area contributed by atoms with Gasteiger partial charge in [0.15, 0.2) is 23.3 Å². The second-order valence-electron chi connectivity index (χ2n) is 14.9. The molecule has 0 spiro atoms. The van der Waals surface area contributed by atoms with Gasteiger partial charge in [0.1, 0.15) is 6.17 Å². The van der Waals surface area contributed by atoms with E-state index >= 15 is 8.78 Å². The monoisotopic (exact) mass is 652 g/mol. The number of hydrogen-bond acceptors (Lipinski definition) is 8. The molecule has 1 aliphatic heterocycles. The minimum Gasteiger partial charge on any atom is -0.390 e. The van der Waals surface area contributed by atoms with Gasteiger partial charge in [-0.2, -0.15) is 5.26 Å². The number of aliphatic hydroxyl groups excluding tert-OH is 1. The Morgan fingerprint density at radius 3 is 2.57 bits per heavy atom. The van der Waals surface area contributed by atoms with Crippen LogP contribution in [0.25, 0.3) is 0 Å². The Hall–Kier alpha value is -2.42. The predicted molar refractivity (Wildman–Crippen MR) is 169 cm³/mol. The molecular weight excluding hydrogens is 610 g/mol. The summed E-state index contributed by atoms with van der Waals surface area (Å²) in [6.45, 7) is 3.39. The van der Waals surface area contributed by atoms with Crippen LogP contribution in [0, 0.1) is 39.9 Å². The van der Waals surface area contributed by atoms with Gasteiger partial charge in [0, 0.05) is 28.4 Å². The van der Waals surface area contributed by atoms with Crippen LogP contribution in [-0.2, 0) is 25.5 Å². The smallest absolute Gasteiger partial charge is 0.225 e. The van der Waals surface area contributed by atoms with E-state index in [2.05, 4.69) is 12.1 Å². The molecule has 0 aromatic heterocycles. The van der Waals surface area contributed by atoms with Gasteiger partial charge in [0.25, 0.3) is 0 Å². The average Bonchev–Trinajstić information content (AvgIpc) is 3.53. The Morgan fingerprint density at radius 2 is 1.87 bits per heavy atom. The molecule has 46 heavy (non-hydrogen) atoms. The highest BCUT2D eigenvalue weighted by Crippen LogP contribution is 2.73. The number of allylic oxidation sites excluding steroid dienone is 4. The lowest BCUT2D eigenvalue weighted by Crippen LogP contribution is -2.70. The first-order valence-corrected chi connectivity index (χ1v) is 17.5. The van der Waals surface area contributed by atoms with Crippen molar-refractivity contribution in [3.05, 3.63) is 59.2 Å². The largest absolute Gasteiger partial charge is 0.390 e. The molecule has 7 nitrogen and oxygen atoms in total. The first kappa shape index (κ1) is 32.1. The summed E-state index contributed by atoms with van der Waals surface area (Å²) in [6, 6.07) is 10.4. The standard InChI is InChI=1S/C36H42F2N2O5S/c1-33-12-11-24(41)16-27(33)28(37)17-26-25-18-30-36(32(43)46-14-13-39,34(25,2)19-29(42)35(26,33)38)45-31(44-30)22-7-3-20(4-8-22)15-21-5-9-23(40)10-6-21/h3-4,7-8,11-12,16,21,23,25-26,28-31,42H,5-6,9-10,14-15,17-19,40H2,1-2H3/t21?,23?,25-,26-,28-,29-,30+,31+,33-,34-,35-,36-/m0/s1. The molecule has 3 N–H and O–H groups in total. The van der Waals surface area contributed by atoms with E-state index in [9.17, 15) is 20.0 Å². The van der Waals surface area contributed by atoms with Gasteiger partial charge in [0.2, 0.25) is 5.12 Å². The lowest BCUT2D eigenvalue weighted by atomic mass is 9.44. The van der Waals surface area contributed by atoms with Gasteiger partial charge in [-0.1, -0.05) is 49.0 Å². The first-order valence-electron chi connectivity index (χ1n) is 16.6. The van der Waals surface area contributed by atoms with E-state index in [1.165, 1.54) is 23.8 Å². The maximum Gasteiger partial charge on any atom is 0.225 e. The summed E-state index contributed by atoms with van der Waals surface area (Å²) >= 11 is 0.841. The van der Waals surface area contributed by atoms with E-state index < -0.39 is 64.4 Å². The number of ketones is 1. The summed E-state index contributed by atoms with van der Waals surface area (Å²) in [5.41, 5.74) is 1.60. The number of benzene rings is 1. The van der Waals surface area contributed by atoms with Gasteiger partial charge >= 0.3 is 0 Å². The number of fused-ring (bicyclic) bond motifs is 7. The molecule has 10 heteroatoms. The highest BCUT2D eigenvalue weighted by atomic mass is 32.2. The average molecular weight is 653 g/mol. The van der Waals surface area contributed by atoms with E-state index in [1.807, 2.05) is 25.1 Å². The lowest BCUT2D eigenvalue weighted by Gasteiger charge is -2.63. The summed E-state index contributed by atoms with van der Waals surface area (Å²) in [7, 11) is 0. The predicted octanol–water partition coefficient (Wildman–Crippen LogP) is 5.61. The first-order chi connectivity index (χ1) is 21.9. The van der Waals surface area contributed by atoms with Crippen LogP contribution in [0.5, 0.6) is 0 Å². The van der Waals surface area contributed by atoms with Gasteiger partial charge in [-0.25, -0.2) is 8.78 Å². The number of ether oxygens (including phenoxy) is 2. The molecule has 10 atom stereocenters. The van der Waals surface area contributed by atoms with Crippen LogP contribution in [0.3, 0.4) is 0 Å². The molecule has 5 fully saturated rings. The molecule has 1 aromatic carbocycles. The van der Waals surface area contributed by atoms with Gasteiger partial charge in [-0.3, -0.25) is 9.59 Å². The van der Waals surface area contributed by atoms with E-state index in [4.69, 9.17) is 15.2 Å². The van der Waals surface area contributed by atoms with E-state index in [0.717, 1.165) is 49.4 Å². The lowest BCUT2D eigenvalue weighted by molar-refractivity contribution is -0.232. The van der Waals surface area contributed by atoms with Crippen molar-refractivity contribution >= 4 is 22.7 Å². The van der Waals surface area contributed by atoms with Crippen LogP contribution in [0.4, 0.5) is 8.78 Å². The van der Waals surface area contributed by atoms with Gasteiger partial charge in [0.05, 0.1) is 24.0 Å². The molecule has 1 aromatic rings. The van der Waals surface area contributed by atoms with Crippen LogP contribution < -0.4 is 5.73 Å². The minimum absolute atomic E-state index is 0.0537. The molecule has 0 unspecified atom stereocenters. The SMILES string of the molecule is C[C@]12C=CC(=O)C=C1[C@@H](F)C[C@H]1[C@@H]3C[C@H]4O[C@@H](c5ccc(CC6CCC(N)CC6)cc5)O[C@@]4(C(=O)SCC#N)[C@@]3(C)C[C@H](O)[C@@]12F. The van der Waals surface area contributed by atoms with Crippen molar-refractivity contribution in [1.29, 1.82) is 5.26 Å². The number of aliphatic hydroxyl groups is 1. The number of rotatable bonds is 5.